The minimum atomic E-state index is -0.659. The van der Waals surface area contributed by atoms with Gasteiger partial charge in [-0.05, 0) is 5.92 Å². The number of pyridine rings is 1. The van der Waals surface area contributed by atoms with Crippen LogP contribution in [0.2, 0.25) is 0 Å². The van der Waals surface area contributed by atoms with Gasteiger partial charge in [-0.15, -0.1) is 0 Å². The van der Waals surface area contributed by atoms with Gasteiger partial charge in [0.05, 0.1) is 16.7 Å². The second kappa shape index (κ2) is 3.87. The van der Waals surface area contributed by atoms with Gasteiger partial charge in [0.2, 0.25) is 0 Å². The molecule has 0 saturated heterocycles. The Kier molecular flexibility index (Phi) is 2.63. The first-order valence-electron chi connectivity index (χ1n) is 3.42. The zero-order valence-corrected chi connectivity index (χ0v) is 6.77. The highest BCUT2D eigenvalue weighted by Gasteiger charge is 2.07. The lowest BCUT2D eigenvalue weighted by Gasteiger charge is -1.90. The standard InChI is InChI=1S/C8H3N3O3/c9-3-1-2-6-4-7(11(13)14)5-10-8(6)12/h4-5H,(H,10,12). The third-order valence-corrected chi connectivity index (χ3v) is 1.35. The lowest BCUT2D eigenvalue weighted by Crippen LogP contribution is -2.09. The van der Waals surface area contributed by atoms with E-state index in [2.05, 4.69) is 10.9 Å². The largest absolute Gasteiger partial charge is 0.322 e. The Morgan fingerprint density at radius 2 is 2.29 bits per heavy atom. The third-order valence-electron chi connectivity index (χ3n) is 1.35. The monoisotopic (exact) mass is 189 g/mol. The fourth-order valence-corrected chi connectivity index (χ4v) is 0.766. The number of nitriles is 1. The molecule has 0 spiro atoms. The number of hydrogen-bond acceptors (Lipinski definition) is 4. The summed E-state index contributed by atoms with van der Waals surface area (Å²) in [6.45, 7) is 0. The van der Waals surface area contributed by atoms with Gasteiger partial charge in [0.25, 0.3) is 11.2 Å². The molecule has 0 atom stereocenters. The highest BCUT2D eigenvalue weighted by molar-refractivity contribution is 5.41. The van der Waals surface area contributed by atoms with E-state index in [0.717, 1.165) is 12.3 Å². The van der Waals surface area contributed by atoms with Crippen LogP contribution >= 0.6 is 0 Å². The number of aromatic nitrogens is 1. The molecule has 1 aromatic heterocycles. The molecule has 0 fully saturated rings. The first-order chi connectivity index (χ1) is 6.65. The maximum absolute atomic E-state index is 11.0. The molecule has 1 N–H and O–H groups in total. The molecular weight excluding hydrogens is 186 g/mol. The van der Waals surface area contributed by atoms with E-state index in [1.54, 1.807) is 0 Å². The number of hydrogen-bond donors (Lipinski definition) is 1. The van der Waals surface area contributed by atoms with Crippen LogP contribution in [0.4, 0.5) is 5.69 Å². The first kappa shape index (κ1) is 9.49. The van der Waals surface area contributed by atoms with E-state index in [0.29, 0.717) is 0 Å². The molecule has 68 valence electrons. The molecule has 6 heteroatoms. The summed E-state index contributed by atoms with van der Waals surface area (Å²) >= 11 is 0. The van der Waals surface area contributed by atoms with Gasteiger partial charge in [-0.1, -0.05) is 0 Å². The first-order valence-corrected chi connectivity index (χ1v) is 3.42. The van der Waals surface area contributed by atoms with Crippen molar-refractivity contribution in [1.29, 1.82) is 5.26 Å². The third kappa shape index (κ3) is 1.96. The Balaban J connectivity index is 3.30. The molecule has 0 aromatic carbocycles. The molecule has 14 heavy (non-hydrogen) atoms. The highest BCUT2D eigenvalue weighted by Crippen LogP contribution is 2.06. The summed E-state index contributed by atoms with van der Waals surface area (Å²) in [7, 11) is 0. The number of aromatic amines is 1. The van der Waals surface area contributed by atoms with E-state index in [4.69, 9.17) is 5.26 Å². The molecule has 0 unspecified atom stereocenters. The molecule has 0 amide bonds. The number of rotatable bonds is 1. The number of nitrogens with one attached hydrogen (secondary N) is 1. The van der Waals surface area contributed by atoms with Gasteiger partial charge in [0.1, 0.15) is 0 Å². The van der Waals surface area contributed by atoms with Crippen molar-refractivity contribution < 1.29 is 4.92 Å². The molecule has 0 radical (unpaired) electrons. The predicted molar refractivity (Wildman–Crippen MR) is 46.2 cm³/mol. The second-order valence-electron chi connectivity index (χ2n) is 2.22. The van der Waals surface area contributed by atoms with Gasteiger partial charge in [-0.25, -0.2) is 0 Å². The van der Waals surface area contributed by atoms with E-state index >= 15 is 0 Å². The highest BCUT2D eigenvalue weighted by atomic mass is 16.6. The number of nitro groups is 1. The lowest BCUT2D eigenvalue weighted by atomic mass is 10.2. The molecule has 0 bridgehead atoms. The van der Waals surface area contributed by atoms with Crippen LogP contribution in [0.25, 0.3) is 0 Å². The van der Waals surface area contributed by atoms with Crippen LogP contribution < -0.4 is 5.56 Å². The van der Waals surface area contributed by atoms with Crippen molar-refractivity contribution >= 4 is 5.69 Å². The topological polar surface area (TPSA) is 99.8 Å². The summed E-state index contributed by atoms with van der Waals surface area (Å²) in [6.07, 6.45) is 0.972. The van der Waals surface area contributed by atoms with Crippen molar-refractivity contribution in [3.8, 4) is 17.9 Å². The molecule has 6 nitrogen and oxygen atoms in total. The zero-order chi connectivity index (χ0) is 10.6. The summed E-state index contributed by atoms with van der Waals surface area (Å²) in [5, 5.41) is 18.4. The smallest absolute Gasteiger partial charge is 0.286 e. The van der Waals surface area contributed by atoms with Crippen LogP contribution in [0.5, 0.6) is 0 Å². The van der Waals surface area contributed by atoms with Crippen molar-refractivity contribution in [3.63, 3.8) is 0 Å². The molecule has 0 aliphatic heterocycles. The molecule has 0 aliphatic carbocycles. The van der Waals surface area contributed by atoms with Crippen LogP contribution in [-0.2, 0) is 0 Å². The Bertz CT molecular complexity index is 527. The Labute approximate surface area is 78.0 Å². The molecule has 0 saturated carbocycles. The van der Waals surface area contributed by atoms with E-state index in [1.807, 2.05) is 5.92 Å². The van der Waals surface area contributed by atoms with Crippen LogP contribution in [0.1, 0.15) is 5.56 Å². The quantitative estimate of drug-likeness (QED) is 0.386. The second-order valence-corrected chi connectivity index (χ2v) is 2.22. The normalized spacial score (nSPS) is 8.21. The number of H-pyrrole nitrogens is 1. The maximum Gasteiger partial charge on any atom is 0.286 e. The Morgan fingerprint density at radius 1 is 1.57 bits per heavy atom. The van der Waals surface area contributed by atoms with Crippen molar-refractivity contribution in [3.05, 3.63) is 38.3 Å². The van der Waals surface area contributed by atoms with Gasteiger partial charge in [-0.3, -0.25) is 14.9 Å². The molecule has 1 aromatic rings. The van der Waals surface area contributed by atoms with Gasteiger partial charge in [-0.2, -0.15) is 5.26 Å². The fraction of sp³-hybridized carbons (Fsp3) is 0. The van der Waals surface area contributed by atoms with Gasteiger partial charge < -0.3 is 4.98 Å². The van der Waals surface area contributed by atoms with E-state index in [-0.39, 0.29) is 11.3 Å². The molecular formula is C8H3N3O3. The van der Waals surface area contributed by atoms with Gasteiger partial charge in [0.15, 0.2) is 6.07 Å². The summed E-state index contributed by atoms with van der Waals surface area (Å²) < 4.78 is 0. The van der Waals surface area contributed by atoms with Crippen LogP contribution in [0.15, 0.2) is 17.1 Å². The molecule has 1 heterocycles. The SMILES string of the molecule is N#CC#Cc1cc([N+](=O)[O-])c[nH]c1=O. The van der Waals surface area contributed by atoms with Crippen LogP contribution in [-0.4, -0.2) is 9.91 Å². The maximum atomic E-state index is 11.0. The zero-order valence-electron chi connectivity index (χ0n) is 6.77. The summed E-state index contributed by atoms with van der Waals surface area (Å²) in [5.41, 5.74) is -0.925. The number of nitrogens with zero attached hydrogens (tertiary/aromatic N) is 2. The fourth-order valence-electron chi connectivity index (χ4n) is 0.766. The van der Waals surface area contributed by atoms with Crippen molar-refractivity contribution in [1.82, 2.24) is 4.98 Å². The summed E-state index contributed by atoms with van der Waals surface area (Å²) in [4.78, 5) is 22.8. The van der Waals surface area contributed by atoms with Gasteiger partial charge >= 0.3 is 0 Å². The van der Waals surface area contributed by atoms with E-state index in [9.17, 15) is 14.9 Å². The van der Waals surface area contributed by atoms with Gasteiger partial charge in [0, 0.05) is 12.0 Å². The lowest BCUT2D eigenvalue weighted by molar-refractivity contribution is -0.385. The van der Waals surface area contributed by atoms with E-state index in [1.165, 1.54) is 6.07 Å². The Hall–Kier alpha value is -2.60. The molecule has 0 aliphatic rings. The van der Waals surface area contributed by atoms with Crippen LogP contribution in [0.3, 0.4) is 0 Å². The van der Waals surface area contributed by atoms with E-state index < -0.39 is 10.5 Å². The van der Waals surface area contributed by atoms with Crippen molar-refractivity contribution in [2.45, 2.75) is 0 Å². The van der Waals surface area contributed by atoms with Crippen LogP contribution in [0, 0.1) is 33.3 Å². The Morgan fingerprint density at radius 3 is 2.86 bits per heavy atom. The molecule has 1 rings (SSSR count). The predicted octanol–water partition coefficient (Wildman–Crippen LogP) is 0.158. The average Bonchev–Trinajstić information content (AvgIpc) is 2.16. The van der Waals surface area contributed by atoms with Crippen molar-refractivity contribution in [2.75, 3.05) is 0 Å². The average molecular weight is 189 g/mol. The summed E-state index contributed by atoms with van der Waals surface area (Å²) in [5.74, 6) is 4.18. The van der Waals surface area contributed by atoms with Crippen molar-refractivity contribution in [2.24, 2.45) is 0 Å². The minimum absolute atomic E-state index is 0.0965. The minimum Gasteiger partial charge on any atom is -0.322 e. The summed E-state index contributed by atoms with van der Waals surface area (Å²) in [6, 6.07) is 2.53.